The Kier molecular flexibility index (Phi) is 5.82. The van der Waals surface area contributed by atoms with Crippen molar-refractivity contribution in [3.8, 4) is 11.5 Å². The van der Waals surface area contributed by atoms with Gasteiger partial charge in [0.1, 0.15) is 11.5 Å². The summed E-state index contributed by atoms with van der Waals surface area (Å²) in [6.45, 7) is 4.01. The smallest absolute Gasteiger partial charge is 0.405 e. The lowest BCUT2D eigenvalue weighted by Gasteiger charge is -2.28. The first-order valence-corrected chi connectivity index (χ1v) is 10.5. The number of rotatable bonds is 6. The SMILES string of the molecule is Cc1ccc(OP(=O)(NC2CCCCC2)Oc2ccc(C)cc2)cc1. The second kappa shape index (κ2) is 8.07. The number of nitrogens with one attached hydrogen (secondary N) is 1. The third-order valence-corrected chi connectivity index (χ3v) is 6.02. The lowest BCUT2D eigenvalue weighted by molar-refractivity contribution is 0.336. The molecule has 0 saturated heterocycles. The van der Waals surface area contributed by atoms with E-state index in [0.717, 1.165) is 36.8 Å². The topological polar surface area (TPSA) is 47.6 Å². The number of aryl methyl sites for hydroxylation is 2. The third kappa shape index (κ3) is 5.35. The highest BCUT2D eigenvalue weighted by Crippen LogP contribution is 2.46. The minimum atomic E-state index is -3.51. The van der Waals surface area contributed by atoms with Crippen LogP contribution in [0, 0.1) is 13.8 Å². The molecule has 134 valence electrons. The van der Waals surface area contributed by atoms with Gasteiger partial charge >= 0.3 is 7.75 Å². The molecular formula is C20H26NO3P. The molecule has 2 aromatic carbocycles. The molecule has 0 amide bonds. The second-order valence-corrected chi connectivity index (χ2v) is 8.39. The summed E-state index contributed by atoms with van der Waals surface area (Å²) in [5.41, 5.74) is 2.25. The van der Waals surface area contributed by atoms with Crippen LogP contribution < -0.4 is 14.1 Å². The predicted molar refractivity (Wildman–Crippen MR) is 101 cm³/mol. The molecule has 0 spiro atoms. The summed E-state index contributed by atoms with van der Waals surface area (Å²) in [5, 5.41) is 3.17. The molecular weight excluding hydrogens is 333 g/mol. The van der Waals surface area contributed by atoms with Crippen molar-refractivity contribution in [1.82, 2.24) is 5.09 Å². The summed E-state index contributed by atoms with van der Waals surface area (Å²) in [7, 11) is -3.51. The van der Waals surface area contributed by atoms with E-state index in [1.54, 1.807) is 0 Å². The predicted octanol–water partition coefficient (Wildman–Crippen LogP) is 5.79. The summed E-state index contributed by atoms with van der Waals surface area (Å²) >= 11 is 0. The molecule has 0 aromatic heterocycles. The highest BCUT2D eigenvalue weighted by Gasteiger charge is 2.32. The fourth-order valence-electron chi connectivity index (χ4n) is 3.00. The molecule has 0 heterocycles. The maximum Gasteiger partial charge on any atom is 0.513 e. The summed E-state index contributed by atoms with van der Waals surface area (Å²) in [6, 6.07) is 15.2. The fourth-order valence-corrected chi connectivity index (χ4v) is 4.65. The van der Waals surface area contributed by atoms with Crippen LogP contribution >= 0.6 is 7.75 Å². The van der Waals surface area contributed by atoms with Crippen molar-refractivity contribution in [2.45, 2.75) is 52.0 Å². The van der Waals surface area contributed by atoms with E-state index in [9.17, 15) is 4.57 Å². The van der Waals surface area contributed by atoms with E-state index in [2.05, 4.69) is 5.09 Å². The highest BCUT2D eigenvalue weighted by molar-refractivity contribution is 7.52. The summed E-state index contributed by atoms with van der Waals surface area (Å²) in [6.07, 6.45) is 5.52. The molecule has 25 heavy (non-hydrogen) atoms. The first-order chi connectivity index (χ1) is 12.0. The van der Waals surface area contributed by atoms with E-state index in [4.69, 9.17) is 9.05 Å². The van der Waals surface area contributed by atoms with Crippen LogP contribution in [0.5, 0.6) is 11.5 Å². The van der Waals surface area contributed by atoms with Crippen LogP contribution in [-0.2, 0) is 4.57 Å². The largest absolute Gasteiger partial charge is 0.513 e. The van der Waals surface area contributed by atoms with E-state index in [-0.39, 0.29) is 6.04 Å². The van der Waals surface area contributed by atoms with Crippen LogP contribution in [0.2, 0.25) is 0 Å². The molecule has 0 aliphatic heterocycles. The van der Waals surface area contributed by atoms with Crippen LogP contribution in [0.1, 0.15) is 43.2 Å². The van der Waals surface area contributed by atoms with E-state index in [1.807, 2.05) is 62.4 Å². The molecule has 0 unspecified atom stereocenters. The molecule has 1 aliphatic rings. The minimum absolute atomic E-state index is 0.162. The number of benzene rings is 2. The molecule has 5 heteroatoms. The number of hydrogen-bond donors (Lipinski definition) is 1. The van der Waals surface area contributed by atoms with Gasteiger partial charge in [-0.15, -0.1) is 0 Å². The zero-order valence-corrected chi connectivity index (χ0v) is 15.8. The first kappa shape index (κ1) is 18.0. The Morgan fingerprint density at radius 2 is 1.24 bits per heavy atom. The van der Waals surface area contributed by atoms with Crippen molar-refractivity contribution in [3.05, 3.63) is 59.7 Å². The Bertz CT molecular complexity index is 670. The van der Waals surface area contributed by atoms with Crippen LogP contribution in [0.4, 0.5) is 0 Å². The quantitative estimate of drug-likeness (QED) is 0.663. The minimum Gasteiger partial charge on any atom is -0.405 e. The molecule has 3 rings (SSSR count). The molecule has 1 N–H and O–H groups in total. The van der Waals surface area contributed by atoms with E-state index in [0.29, 0.717) is 11.5 Å². The average molecular weight is 359 g/mol. The van der Waals surface area contributed by atoms with Gasteiger partial charge in [-0.2, -0.15) is 5.09 Å². The average Bonchev–Trinajstić information content (AvgIpc) is 2.60. The third-order valence-electron chi connectivity index (χ3n) is 4.44. The van der Waals surface area contributed by atoms with Crippen molar-refractivity contribution in [2.24, 2.45) is 0 Å². The fraction of sp³-hybridized carbons (Fsp3) is 0.400. The maximum absolute atomic E-state index is 13.4. The van der Waals surface area contributed by atoms with Gasteiger partial charge in [0.2, 0.25) is 0 Å². The van der Waals surface area contributed by atoms with Crippen LogP contribution in [-0.4, -0.2) is 6.04 Å². The zero-order chi connectivity index (χ0) is 17.7. The van der Waals surface area contributed by atoms with Gasteiger partial charge in [-0.3, -0.25) is 0 Å². The van der Waals surface area contributed by atoms with Crippen molar-refractivity contribution in [1.29, 1.82) is 0 Å². The van der Waals surface area contributed by atoms with E-state index < -0.39 is 7.75 Å². The van der Waals surface area contributed by atoms with Crippen LogP contribution in [0.3, 0.4) is 0 Å². The van der Waals surface area contributed by atoms with Crippen molar-refractivity contribution in [3.63, 3.8) is 0 Å². The monoisotopic (exact) mass is 359 g/mol. The normalized spacial score (nSPS) is 15.8. The van der Waals surface area contributed by atoms with Gasteiger partial charge in [-0.25, -0.2) is 4.57 Å². The van der Waals surface area contributed by atoms with Crippen LogP contribution in [0.15, 0.2) is 48.5 Å². The molecule has 0 atom stereocenters. The zero-order valence-electron chi connectivity index (χ0n) is 14.9. The molecule has 0 radical (unpaired) electrons. The van der Waals surface area contributed by atoms with Crippen LogP contribution in [0.25, 0.3) is 0 Å². The molecule has 2 aromatic rings. The van der Waals surface area contributed by atoms with Gasteiger partial charge in [0.05, 0.1) is 0 Å². The first-order valence-electron chi connectivity index (χ1n) is 8.93. The Morgan fingerprint density at radius 1 is 0.800 bits per heavy atom. The summed E-state index contributed by atoms with van der Waals surface area (Å²) in [4.78, 5) is 0. The summed E-state index contributed by atoms with van der Waals surface area (Å²) in [5.74, 6) is 1.09. The van der Waals surface area contributed by atoms with Crippen molar-refractivity contribution in [2.75, 3.05) is 0 Å². The van der Waals surface area contributed by atoms with E-state index >= 15 is 0 Å². The Morgan fingerprint density at radius 3 is 1.68 bits per heavy atom. The Hall–Kier alpha value is -1.77. The van der Waals surface area contributed by atoms with Gasteiger partial charge in [0.25, 0.3) is 0 Å². The van der Waals surface area contributed by atoms with Gasteiger partial charge < -0.3 is 9.05 Å². The van der Waals surface area contributed by atoms with E-state index in [1.165, 1.54) is 6.42 Å². The van der Waals surface area contributed by atoms with Crippen molar-refractivity contribution < 1.29 is 13.6 Å². The molecule has 1 saturated carbocycles. The van der Waals surface area contributed by atoms with Crippen molar-refractivity contribution >= 4 is 7.75 Å². The highest BCUT2D eigenvalue weighted by atomic mass is 31.2. The standard InChI is InChI=1S/C20H26NO3P/c1-16-8-12-19(13-9-16)23-25(22,21-18-6-4-3-5-7-18)24-20-14-10-17(2)11-15-20/h8-15,18H,3-7H2,1-2H3,(H,21,22). The van der Waals surface area contributed by atoms with Gasteiger partial charge in [0, 0.05) is 6.04 Å². The molecule has 1 aliphatic carbocycles. The Labute approximate surface area is 150 Å². The lowest BCUT2D eigenvalue weighted by atomic mass is 9.96. The lowest BCUT2D eigenvalue weighted by Crippen LogP contribution is -2.31. The summed E-state index contributed by atoms with van der Waals surface area (Å²) < 4.78 is 25.1. The molecule has 1 fully saturated rings. The number of hydrogen-bond acceptors (Lipinski definition) is 3. The Balaban J connectivity index is 1.79. The van der Waals surface area contributed by atoms with Gasteiger partial charge in [-0.1, -0.05) is 54.7 Å². The van der Waals surface area contributed by atoms with Gasteiger partial charge in [-0.05, 0) is 51.0 Å². The maximum atomic E-state index is 13.4. The molecule has 4 nitrogen and oxygen atoms in total. The molecule has 0 bridgehead atoms. The van der Waals surface area contributed by atoms with Gasteiger partial charge in [0.15, 0.2) is 0 Å². The second-order valence-electron chi connectivity index (χ2n) is 6.77.